The minimum atomic E-state index is 0. The molecule has 9 rings (SSSR count). The van der Waals surface area contributed by atoms with E-state index in [1.165, 1.54) is 0 Å². The number of fused-ring (bicyclic) bond motifs is 20. The van der Waals surface area contributed by atoms with E-state index in [4.69, 9.17) is 34.7 Å². The normalized spacial score (nSPS) is 11.2. The van der Waals surface area contributed by atoms with Gasteiger partial charge in [0.2, 0.25) is 0 Å². The second-order valence-electron chi connectivity index (χ2n) is 9.91. The van der Waals surface area contributed by atoms with Crippen molar-refractivity contribution in [2.24, 2.45) is 5.73 Å². The maximum Gasteiger partial charge on any atom is 1.00 e. The van der Waals surface area contributed by atoms with Gasteiger partial charge in [-0.3, -0.25) is 0 Å². The number of benzene rings is 4. The zero-order valence-electron chi connectivity index (χ0n) is 22.7. The zero-order chi connectivity index (χ0) is 28.9. The summed E-state index contributed by atoms with van der Waals surface area (Å²) in [6.45, 7) is 0. The molecule has 2 aliphatic heterocycles. The van der Waals surface area contributed by atoms with Crippen LogP contribution in [0.25, 0.3) is 89.7 Å². The molecule has 0 saturated carbocycles. The van der Waals surface area contributed by atoms with Crippen LogP contribution in [-0.4, -0.2) is 46.3 Å². The molecule has 11 heteroatoms. The molecule has 10 nitrogen and oxygen atoms in total. The van der Waals surface area contributed by atoms with Crippen LogP contribution in [0, 0.1) is 0 Å². The summed E-state index contributed by atoms with van der Waals surface area (Å²) in [5, 5.41) is 3.82. The van der Waals surface area contributed by atoms with Gasteiger partial charge in [-0.05, 0) is 0 Å². The van der Waals surface area contributed by atoms with E-state index in [0.29, 0.717) is 45.9 Å². The average Bonchev–Trinajstić information content (AvgIpc) is 3.77. The summed E-state index contributed by atoms with van der Waals surface area (Å²) in [4.78, 5) is 45.2. The third kappa shape index (κ3) is 4.30. The Balaban J connectivity index is 0.000000753. The van der Waals surface area contributed by atoms with Crippen LogP contribution in [0.5, 0.6) is 0 Å². The minimum absolute atomic E-state index is 0. The SMILES string of the molecule is N[C-]=O.[Cu+].c1ccc2c(c1)-c1nc-2nc2[nH]c(nc3nc(nc4[nH]c(n1)c1ccccc41)-c1ccccc1-3)c1ccccc21. The van der Waals surface area contributed by atoms with Crippen molar-refractivity contribution >= 4 is 50.5 Å². The number of primary amides is 1. The molecule has 0 unspecified atom stereocenters. The van der Waals surface area contributed by atoms with Crippen LogP contribution in [0.2, 0.25) is 0 Å². The molecule has 0 saturated heterocycles. The molecule has 0 fully saturated rings. The van der Waals surface area contributed by atoms with Gasteiger partial charge in [-0.1, -0.05) is 97.1 Å². The molecule has 2 aliphatic rings. The van der Waals surface area contributed by atoms with Gasteiger partial charge in [-0.15, -0.1) is 0 Å². The summed E-state index contributed by atoms with van der Waals surface area (Å²) < 4.78 is 0. The Morgan fingerprint density at radius 2 is 0.659 bits per heavy atom. The molecule has 44 heavy (non-hydrogen) atoms. The number of aromatic nitrogens is 8. The Morgan fingerprint density at radius 3 is 0.909 bits per heavy atom. The van der Waals surface area contributed by atoms with Crippen LogP contribution >= 0.6 is 0 Å². The fourth-order valence-electron chi connectivity index (χ4n) is 5.59. The Bertz CT molecular complexity index is 2090. The Morgan fingerprint density at radius 1 is 0.432 bits per heavy atom. The molecule has 5 heterocycles. The number of rotatable bonds is 0. The van der Waals surface area contributed by atoms with Crippen LogP contribution in [0.4, 0.5) is 0 Å². The van der Waals surface area contributed by atoms with Crippen molar-refractivity contribution in [1.29, 1.82) is 0 Å². The monoisotopic (exact) mass is 621 g/mol. The molecule has 1 amide bonds. The summed E-state index contributed by atoms with van der Waals surface area (Å²) in [5.74, 6) is 2.39. The fourth-order valence-corrected chi connectivity index (χ4v) is 5.59. The number of H-pyrrole nitrogens is 2. The van der Waals surface area contributed by atoms with Crippen LogP contribution in [0.15, 0.2) is 97.1 Å². The predicted molar refractivity (Wildman–Crippen MR) is 166 cm³/mol. The summed E-state index contributed by atoms with van der Waals surface area (Å²) in [6.07, 6.45) is 1.00. The third-order valence-electron chi connectivity index (χ3n) is 7.46. The molecule has 3 aromatic heterocycles. The van der Waals surface area contributed by atoms with Crippen LogP contribution in [-0.2, 0) is 21.9 Å². The van der Waals surface area contributed by atoms with E-state index in [1.54, 1.807) is 0 Å². The molecule has 4 aromatic carbocycles. The molecular weight excluding hydrogens is 602 g/mol. The van der Waals surface area contributed by atoms with Crippen LogP contribution < -0.4 is 5.73 Å². The summed E-state index contributed by atoms with van der Waals surface area (Å²) >= 11 is 0. The summed E-state index contributed by atoms with van der Waals surface area (Å²) in [7, 11) is 0. The predicted octanol–water partition coefficient (Wildman–Crippen LogP) is 5.88. The van der Waals surface area contributed by atoms with Gasteiger partial charge in [0.05, 0.1) is 0 Å². The topological polar surface area (TPSA) is 152 Å². The van der Waals surface area contributed by atoms with Crippen molar-refractivity contribution in [3.63, 3.8) is 0 Å². The van der Waals surface area contributed by atoms with E-state index >= 15 is 0 Å². The van der Waals surface area contributed by atoms with Gasteiger partial charge < -0.3 is 20.5 Å². The van der Waals surface area contributed by atoms with Gasteiger partial charge in [0.1, 0.15) is 22.6 Å². The number of nitrogens with two attached hydrogens (primary N) is 1. The van der Waals surface area contributed by atoms with E-state index in [0.717, 1.165) is 50.2 Å². The van der Waals surface area contributed by atoms with E-state index in [2.05, 4.69) is 15.7 Å². The first-order chi connectivity index (χ1) is 21.2. The first kappa shape index (κ1) is 27.1. The quantitative estimate of drug-likeness (QED) is 0.109. The first-order valence-corrected chi connectivity index (χ1v) is 13.5. The molecule has 0 aliphatic carbocycles. The number of aromatic amines is 2. The Hall–Kier alpha value is -5.77. The molecule has 0 atom stereocenters. The number of carbonyl (C=O) groups excluding carboxylic acids is 1. The molecule has 0 radical (unpaired) electrons. The van der Waals surface area contributed by atoms with Gasteiger partial charge >= 0.3 is 17.1 Å². The number of hydrogen-bond donors (Lipinski definition) is 3. The van der Waals surface area contributed by atoms with E-state index < -0.39 is 0 Å². The number of hydrogen-bond acceptors (Lipinski definition) is 7. The third-order valence-corrected chi connectivity index (χ3v) is 7.46. The van der Waals surface area contributed by atoms with Crippen molar-refractivity contribution in [1.82, 2.24) is 39.9 Å². The van der Waals surface area contributed by atoms with Gasteiger partial charge in [-0.25, -0.2) is 29.9 Å². The van der Waals surface area contributed by atoms with Gasteiger partial charge in [0.15, 0.2) is 23.3 Å². The number of nitrogens with one attached hydrogen (secondary N) is 2. The standard InChI is InChI=1S/C32H18N8.CH2NO.Cu/c1-2-10-18-17(9-1)25-33-26(18)38-28-21-13-5-6-14-22(21)30(35-28)40-32-24-16-8-7-15-23(24)31(36-32)39-29-20-12-4-3-11-19(20)27(34-29)37-25;2-1-3;/h1-16H,(H2,33,34,35,36,37,38,39,40);(H2,2,3);/q;-1;+1. The maximum atomic E-state index is 8.46. The van der Waals surface area contributed by atoms with E-state index in [-0.39, 0.29) is 17.1 Å². The zero-order valence-corrected chi connectivity index (χ0v) is 23.6. The van der Waals surface area contributed by atoms with Gasteiger partial charge in [0.25, 0.3) is 0 Å². The molecule has 7 aromatic rings. The van der Waals surface area contributed by atoms with Crippen molar-refractivity contribution in [3.8, 4) is 45.6 Å². The second-order valence-corrected chi connectivity index (χ2v) is 9.91. The molecular formula is C33H20CuN9O. The summed E-state index contributed by atoms with van der Waals surface area (Å²) in [6, 6.07) is 32.2. The van der Waals surface area contributed by atoms with Crippen molar-refractivity contribution in [2.45, 2.75) is 0 Å². The largest absolute Gasteiger partial charge is 1.00 e. The Kier molecular flexibility index (Phi) is 6.66. The molecule has 4 N–H and O–H groups in total. The van der Waals surface area contributed by atoms with Crippen LogP contribution in [0.3, 0.4) is 0 Å². The minimum Gasteiger partial charge on any atom is -0.543 e. The van der Waals surface area contributed by atoms with E-state index in [1.807, 2.05) is 97.1 Å². The number of nitrogens with zero attached hydrogens (tertiary/aromatic N) is 6. The van der Waals surface area contributed by atoms with Gasteiger partial charge in [-0.2, -0.15) is 6.41 Å². The van der Waals surface area contributed by atoms with E-state index in [9.17, 15) is 0 Å². The van der Waals surface area contributed by atoms with Crippen molar-refractivity contribution in [3.05, 3.63) is 97.1 Å². The maximum absolute atomic E-state index is 8.46. The molecule has 0 spiro atoms. The van der Waals surface area contributed by atoms with Crippen LogP contribution in [0.1, 0.15) is 0 Å². The van der Waals surface area contributed by atoms with Gasteiger partial charge in [0, 0.05) is 43.8 Å². The smallest absolute Gasteiger partial charge is 0.543 e. The summed E-state index contributed by atoms with van der Waals surface area (Å²) in [5.41, 5.74) is 10.5. The number of amides is 1. The van der Waals surface area contributed by atoms with Crippen molar-refractivity contribution < 1.29 is 21.9 Å². The molecule has 214 valence electrons. The first-order valence-electron chi connectivity index (χ1n) is 13.5. The Labute approximate surface area is 260 Å². The second kappa shape index (κ2) is 10.8. The van der Waals surface area contributed by atoms with Crippen molar-refractivity contribution in [2.75, 3.05) is 0 Å². The molecule has 8 bridgehead atoms. The average molecular weight is 622 g/mol. The fraction of sp³-hybridized carbons (Fsp3) is 0.